The van der Waals surface area contributed by atoms with Crippen molar-refractivity contribution in [1.29, 1.82) is 0 Å². The van der Waals surface area contributed by atoms with Gasteiger partial charge in [0.2, 0.25) is 0 Å². The maximum atomic E-state index is 14.9. The molecule has 2 spiro atoms. The van der Waals surface area contributed by atoms with Gasteiger partial charge in [-0.05, 0) is 55.2 Å². The largest absolute Gasteiger partial charge is 0.310 e. The van der Waals surface area contributed by atoms with E-state index in [1.807, 2.05) is 22.8 Å². The van der Waals surface area contributed by atoms with Crippen LogP contribution in [0.25, 0.3) is 22.5 Å². The average molecular weight is 667 g/mol. The van der Waals surface area contributed by atoms with Gasteiger partial charge in [0.15, 0.2) is 5.16 Å². The third-order valence-electron chi connectivity index (χ3n) is 11.9. The van der Waals surface area contributed by atoms with E-state index < -0.39 is 0 Å². The smallest absolute Gasteiger partial charge is 0.258 e. The van der Waals surface area contributed by atoms with Gasteiger partial charge in [-0.15, -0.1) is 0 Å². The first-order chi connectivity index (χ1) is 24.0. The van der Waals surface area contributed by atoms with E-state index in [0.29, 0.717) is 23.3 Å². The Morgan fingerprint density at radius 3 is 1.84 bits per heavy atom. The van der Waals surface area contributed by atoms with E-state index in [1.54, 1.807) is 0 Å². The predicted octanol–water partition coefficient (Wildman–Crippen LogP) is 8.52. The number of aromatic nitrogens is 4. The second-order valence-electron chi connectivity index (χ2n) is 14.9. The van der Waals surface area contributed by atoms with Crippen molar-refractivity contribution in [2.45, 2.75) is 105 Å². The van der Waals surface area contributed by atoms with Crippen molar-refractivity contribution in [3.63, 3.8) is 0 Å². The maximum Gasteiger partial charge on any atom is 0.258 e. The molecule has 0 radical (unpaired) electrons. The third-order valence-corrected chi connectivity index (χ3v) is 12.9. The summed E-state index contributed by atoms with van der Waals surface area (Å²) in [6.45, 7) is 0.448. The van der Waals surface area contributed by atoms with Crippen molar-refractivity contribution >= 4 is 11.8 Å². The molecular formula is C42H42N4O2S. The van der Waals surface area contributed by atoms with Crippen LogP contribution in [0.3, 0.4) is 0 Å². The third kappa shape index (κ3) is 5.24. The predicted molar refractivity (Wildman–Crippen MR) is 196 cm³/mol. The van der Waals surface area contributed by atoms with Crippen LogP contribution >= 0.6 is 11.8 Å². The van der Waals surface area contributed by atoms with Crippen molar-refractivity contribution in [1.82, 2.24) is 19.5 Å². The number of hydrogen-bond acceptors (Lipinski definition) is 5. The molecule has 2 heterocycles. The molecule has 6 nitrogen and oxygen atoms in total. The first-order valence-electron chi connectivity index (χ1n) is 18.2. The molecule has 4 aliphatic carbocycles. The Morgan fingerprint density at radius 1 is 0.653 bits per heavy atom. The molecule has 0 atom stereocenters. The number of hydrogen-bond donors (Lipinski definition) is 1. The molecule has 2 fully saturated rings. The first kappa shape index (κ1) is 30.8. The van der Waals surface area contributed by atoms with E-state index in [9.17, 15) is 9.59 Å². The Labute approximate surface area is 291 Å². The summed E-state index contributed by atoms with van der Waals surface area (Å²) >= 11 is 1.50. The zero-order valence-electron chi connectivity index (χ0n) is 28.0. The lowest BCUT2D eigenvalue weighted by Crippen LogP contribution is -2.43. The van der Waals surface area contributed by atoms with Gasteiger partial charge in [0, 0.05) is 22.0 Å². The van der Waals surface area contributed by atoms with E-state index in [4.69, 9.17) is 9.97 Å². The number of fused-ring (bicyclic) bond motifs is 8. The zero-order valence-corrected chi connectivity index (χ0v) is 28.8. The molecular weight excluding hydrogens is 625 g/mol. The van der Waals surface area contributed by atoms with E-state index in [2.05, 4.69) is 65.6 Å². The highest BCUT2D eigenvalue weighted by atomic mass is 32.2. The molecule has 0 bridgehead atoms. The highest BCUT2D eigenvalue weighted by Crippen LogP contribution is 2.50. The average Bonchev–Trinajstić information content (AvgIpc) is 3.13. The van der Waals surface area contributed by atoms with Crippen molar-refractivity contribution in [2.24, 2.45) is 0 Å². The van der Waals surface area contributed by atoms with Crippen LogP contribution in [0, 0.1) is 0 Å². The van der Waals surface area contributed by atoms with Gasteiger partial charge in [-0.1, -0.05) is 129 Å². The summed E-state index contributed by atoms with van der Waals surface area (Å²) in [6, 6.07) is 27.2. The van der Waals surface area contributed by atoms with Crippen LogP contribution in [0.5, 0.6) is 0 Å². The van der Waals surface area contributed by atoms with Gasteiger partial charge in [-0.2, -0.15) is 0 Å². The molecule has 248 valence electrons. The fourth-order valence-corrected chi connectivity index (χ4v) is 10.5. The van der Waals surface area contributed by atoms with Gasteiger partial charge in [0.1, 0.15) is 5.82 Å². The van der Waals surface area contributed by atoms with Crippen molar-refractivity contribution in [2.75, 3.05) is 0 Å². The minimum atomic E-state index is -0.179. The Balaban J connectivity index is 1.16. The fourth-order valence-electron chi connectivity index (χ4n) is 9.66. The van der Waals surface area contributed by atoms with E-state index in [1.165, 1.54) is 35.7 Å². The zero-order chi connectivity index (χ0) is 33.0. The minimum absolute atomic E-state index is 0.00903. The molecule has 4 aliphatic rings. The van der Waals surface area contributed by atoms with Crippen LogP contribution in [0.15, 0.2) is 93.6 Å². The molecule has 0 aliphatic heterocycles. The van der Waals surface area contributed by atoms with E-state index in [0.717, 1.165) is 103 Å². The lowest BCUT2D eigenvalue weighted by atomic mass is 9.62. The maximum absolute atomic E-state index is 14.9. The summed E-state index contributed by atoms with van der Waals surface area (Å²) in [4.78, 5) is 42.8. The molecule has 1 N–H and O–H groups in total. The van der Waals surface area contributed by atoms with Gasteiger partial charge >= 0.3 is 0 Å². The molecule has 0 unspecified atom stereocenters. The Bertz CT molecular complexity index is 2170. The number of thioether (sulfide) groups is 1. The van der Waals surface area contributed by atoms with E-state index in [-0.39, 0.29) is 21.9 Å². The van der Waals surface area contributed by atoms with Crippen LogP contribution in [0.2, 0.25) is 0 Å². The normalized spacial score (nSPS) is 18.4. The lowest BCUT2D eigenvalue weighted by molar-refractivity contribution is 0.282. The van der Waals surface area contributed by atoms with Gasteiger partial charge in [0.25, 0.3) is 11.1 Å². The van der Waals surface area contributed by atoms with Gasteiger partial charge < -0.3 is 4.98 Å². The number of rotatable bonds is 5. The lowest BCUT2D eigenvalue weighted by Gasteiger charge is -2.42. The first-order valence-corrected chi connectivity index (χ1v) is 19.1. The molecule has 7 heteroatoms. The minimum Gasteiger partial charge on any atom is -0.310 e. The molecule has 0 amide bonds. The molecule has 0 saturated heterocycles. The molecule has 2 saturated carbocycles. The van der Waals surface area contributed by atoms with Crippen LogP contribution in [-0.2, 0) is 36.0 Å². The Morgan fingerprint density at radius 2 is 1.20 bits per heavy atom. The highest BCUT2D eigenvalue weighted by Gasteiger charge is 2.44. The van der Waals surface area contributed by atoms with Crippen molar-refractivity contribution < 1.29 is 0 Å². The summed E-state index contributed by atoms with van der Waals surface area (Å²) in [7, 11) is 0. The van der Waals surface area contributed by atoms with Gasteiger partial charge in [0.05, 0.1) is 34.8 Å². The number of aromatic amines is 1. The SMILES string of the molecule is O=c1[nH]c(CSc2nc3c(c(=O)n2Cc2ccccc2)C2(CCCCC2)Cc2ccccc2-3)nc2c1C1(CCCCC1)Cc1ccccc1-2. The topological polar surface area (TPSA) is 80.6 Å². The number of H-pyrrole nitrogens is 1. The monoisotopic (exact) mass is 666 g/mol. The van der Waals surface area contributed by atoms with Crippen LogP contribution < -0.4 is 11.1 Å². The number of nitrogens with zero attached hydrogens (tertiary/aromatic N) is 3. The van der Waals surface area contributed by atoms with Crippen molar-refractivity contribution in [3.05, 3.63) is 133 Å². The fraction of sp³-hybridized carbons (Fsp3) is 0.381. The quantitative estimate of drug-likeness (QED) is 0.150. The molecule has 9 rings (SSSR count). The molecule has 49 heavy (non-hydrogen) atoms. The van der Waals surface area contributed by atoms with Crippen LogP contribution in [-0.4, -0.2) is 19.5 Å². The van der Waals surface area contributed by atoms with Crippen LogP contribution in [0.1, 0.15) is 97.8 Å². The summed E-state index contributed by atoms with van der Waals surface area (Å²) < 4.78 is 1.89. The number of benzene rings is 3. The molecule has 5 aromatic rings. The van der Waals surface area contributed by atoms with Gasteiger partial charge in [-0.3, -0.25) is 14.2 Å². The van der Waals surface area contributed by atoms with Crippen LogP contribution in [0.4, 0.5) is 0 Å². The summed E-state index contributed by atoms with van der Waals surface area (Å²) in [5, 5.41) is 0.666. The Kier molecular flexibility index (Phi) is 7.71. The summed E-state index contributed by atoms with van der Waals surface area (Å²) in [5.41, 5.74) is 9.01. The number of nitrogens with one attached hydrogen (secondary N) is 1. The van der Waals surface area contributed by atoms with E-state index >= 15 is 0 Å². The summed E-state index contributed by atoms with van der Waals surface area (Å²) in [5.74, 6) is 1.03. The molecule has 3 aromatic carbocycles. The van der Waals surface area contributed by atoms with Gasteiger partial charge in [-0.25, -0.2) is 9.97 Å². The standard InChI is InChI=1S/C42H42N4O2S/c47-38-34-36(31-18-8-6-16-29(31)24-41(34)20-10-2-11-21-41)43-33(44-38)27-49-40-45-37-32-19-9-7-17-30(32)25-42(22-12-3-13-23-42)35(37)39(48)46(40)26-28-14-4-1-5-15-28/h1,4-9,14-19H,2-3,10-13,20-27H2,(H,43,44,47). The highest BCUT2D eigenvalue weighted by molar-refractivity contribution is 7.98. The molecule has 2 aromatic heterocycles. The van der Waals surface area contributed by atoms with Crippen molar-refractivity contribution in [3.8, 4) is 22.5 Å². The second kappa shape index (κ2) is 12.3. The Hall–Kier alpha value is -4.23. The second-order valence-corrected chi connectivity index (χ2v) is 15.8. The summed E-state index contributed by atoms with van der Waals surface area (Å²) in [6.07, 6.45) is 12.9.